The van der Waals surface area contributed by atoms with Crippen molar-refractivity contribution in [1.29, 1.82) is 0 Å². The summed E-state index contributed by atoms with van der Waals surface area (Å²) >= 11 is 0. The molecule has 2 aromatic heterocycles. The molecule has 3 aromatic rings. The molecule has 5 rings (SSSR count). The monoisotopic (exact) mass is 549 g/mol. The van der Waals surface area contributed by atoms with Crippen LogP contribution in [-0.4, -0.2) is 71.8 Å². The Kier molecular flexibility index (Phi) is 11.4. The van der Waals surface area contributed by atoms with E-state index in [1.807, 2.05) is 39.0 Å². The van der Waals surface area contributed by atoms with Crippen LogP contribution in [0.1, 0.15) is 61.5 Å². The lowest BCUT2D eigenvalue weighted by Gasteiger charge is -2.38. The van der Waals surface area contributed by atoms with Gasteiger partial charge in [0.05, 0.1) is 11.3 Å². The van der Waals surface area contributed by atoms with E-state index in [0.29, 0.717) is 11.6 Å². The van der Waals surface area contributed by atoms with Crippen LogP contribution in [0.5, 0.6) is 0 Å². The first-order valence-electron chi connectivity index (χ1n) is 14.4. The molecule has 40 heavy (non-hydrogen) atoms. The second kappa shape index (κ2) is 14.7. The van der Waals surface area contributed by atoms with E-state index in [9.17, 15) is 9.18 Å². The van der Waals surface area contributed by atoms with E-state index in [1.165, 1.54) is 31.5 Å². The summed E-state index contributed by atoms with van der Waals surface area (Å²) in [6, 6.07) is 13.4. The van der Waals surface area contributed by atoms with Gasteiger partial charge >= 0.3 is 5.97 Å². The predicted molar refractivity (Wildman–Crippen MR) is 162 cm³/mol. The van der Waals surface area contributed by atoms with Crippen molar-refractivity contribution in [1.82, 2.24) is 14.9 Å². The highest BCUT2D eigenvalue weighted by atomic mass is 19.1. The van der Waals surface area contributed by atoms with Gasteiger partial charge in [-0.1, -0.05) is 19.9 Å². The molecule has 0 spiro atoms. The largest absolute Gasteiger partial charge is 0.478 e. The number of hydrogen-bond donors (Lipinski definition) is 1. The van der Waals surface area contributed by atoms with Crippen molar-refractivity contribution in [2.75, 3.05) is 49.6 Å². The molecule has 0 aliphatic carbocycles. The Morgan fingerprint density at radius 2 is 1.68 bits per heavy atom. The van der Waals surface area contributed by atoms with Crippen LogP contribution in [0.3, 0.4) is 0 Å². The molecule has 216 valence electrons. The van der Waals surface area contributed by atoms with Gasteiger partial charge in [-0.15, -0.1) is 0 Å². The number of carbonyl (C=O) groups is 1. The molecule has 8 heteroatoms. The van der Waals surface area contributed by atoms with Gasteiger partial charge in [-0.05, 0) is 94.6 Å². The Bertz CT molecular complexity index is 1260. The quantitative estimate of drug-likeness (QED) is 0.401. The number of carboxylic acids is 1. The molecule has 1 atom stereocenters. The fourth-order valence-corrected chi connectivity index (χ4v) is 4.94. The maximum atomic E-state index is 13.4. The second-order valence-corrected chi connectivity index (χ2v) is 10.3. The van der Waals surface area contributed by atoms with Gasteiger partial charge < -0.3 is 19.8 Å². The van der Waals surface area contributed by atoms with Crippen molar-refractivity contribution in [3.8, 4) is 11.3 Å². The molecule has 2 fully saturated rings. The smallest absolute Gasteiger partial charge is 0.337 e. The average Bonchev–Trinajstić information content (AvgIpc) is 2.98. The number of piperidine rings is 1. The van der Waals surface area contributed by atoms with Crippen molar-refractivity contribution in [3.05, 3.63) is 71.2 Å². The number of likely N-dealkylation sites (N-methyl/N-ethyl adjacent to an activating group) is 1. The minimum atomic E-state index is -0.927. The molecule has 0 saturated carbocycles. The fourth-order valence-electron chi connectivity index (χ4n) is 4.94. The average molecular weight is 550 g/mol. The van der Waals surface area contributed by atoms with Crippen LogP contribution in [-0.2, 0) is 0 Å². The number of aromatic nitrogens is 2. The highest BCUT2D eigenvalue weighted by molar-refractivity contribution is 5.87. The molecule has 2 saturated heterocycles. The lowest BCUT2D eigenvalue weighted by atomic mass is 10.1. The summed E-state index contributed by atoms with van der Waals surface area (Å²) in [5.41, 5.74) is 3.72. The van der Waals surface area contributed by atoms with Crippen molar-refractivity contribution < 1.29 is 14.3 Å². The van der Waals surface area contributed by atoms with Crippen LogP contribution >= 0.6 is 0 Å². The number of anilines is 2. The number of nitrogens with zero attached hydrogens (tertiary/aromatic N) is 5. The van der Waals surface area contributed by atoms with Crippen LogP contribution in [0.25, 0.3) is 11.3 Å². The number of aryl methyl sites for hydroxylation is 2. The molecule has 1 aromatic carbocycles. The van der Waals surface area contributed by atoms with E-state index in [0.717, 1.165) is 61.2 Å². The number of piperazine rings is 1. The number of pyridine rings is 2. The molecular weight excluding hydrogens is 505 g/mol. The molecule has 2 aliphatic rings. The van der Waals surface area contributed by atoms with E-state index in [-0.39, 0.29) is 11.4 Å². The summed E-state index contributed by atoms with van der Waals surface area (Å²) in [4.78, 5) is 26.8. The van der Waals surface area contributed by atoms with Crippen LogP contribution in [0.4, 0.5) is 16.0 Å². The zero-order chi connectivity index (χ0) is 29.2. The maximum Gasteiger partial charge on any atom is 0.337 e. The Morgan fingerprint density at radius 3 is 2.30 bits per heavy atom. The molecular formula is C32H44FN5O2. The van der Waals surface area contributed by atoms with Gasteiger partial charge in [0.2, 0.25) is 0 Å². The predicted octanol–water partition coefficient (Wildman–Crippen LogP) is 6.44. The molecule has 1 unspecified atom stereocenters. The van der Waals surface area contributed by atoms with Crippen LogP contribution < -0.4 is 9.80 Å². The van der Waals surface area contributed by atoms with Crippen molar-refractivity contribution in [3.63, 3.8) is 0 Å². The van der Waals surface area contributed by atoms with E-state index in [4.69, 9.17) is 10.1 Å². The summed E-state index contributed by atoms with van der Waals surface area (Å²) in [7, 11) is 2.12. The van der Waals surface area contributed by atoms with Gasteiger partial charge in [-0.3, -0.25) is 0 Å². The molecule has 7 nitrogen and oxygen atoms in total. The van der Waals surface area contributed by atoms with Gasteiger partial charge in [0.15, 0.2) is 0 Å². The zero-order valence-corrected chi connectivity index (χ0v) is 24.8. The Hall–Kier alpha value is -3.52. The number of aromatic carboxylic acids is 1. The number of halogens is 1. The molecule has 0 radical (unpaired) electrons. The summed E-state index contributed by atoms with van der Waals surface area (Å²) < 4.78 is 13.4. The van der Waals surface area contributed by atoms with Gasteiger partial charge in [0, 0.05) is 50.5 Å². The van der Waals surface area contributed by atoms with Crippen molar-refractivity contribution in [2.45, 2.75) is 59.9 Å². The maximum absolute atomic E-state index is 13.4. The first-order chi connectivity index (χ1) is 19.2. The normalized spacial score (nSPS) is 17.3. The summed E-state index contributed by atoms with van der Waals surface area (Å²) in [6.07, 6.45) is 5.23. The standard InChI is InChI=1S/C17H19FN2.C13H19N3O2.C2H6/c1-13-12-14(8-9-15(13)18)16-6-5-7-17(19-16)20-10-3-2-4-11-20;1-9-6-11(13(17)18)7-14-12(9)16-5-4-15(3)10(2)8-16;1-2/h5-9,12H,2-4,10-11H2,1H3;6-7,10H,4-5,8H2,1-3H3,(H,17,18);1-2H3. The molecule has 1 N–H and O–H groups in total. The van der Waals surface area contributed by atoms with Crippen LogP contribution in [0.2, 0.25) is 0 Å². The minimum absolute atomic E-state index is 0.166. The topological polar surface area (TPSA) is 72.8 Å². The number of hydrogen-bond acceptors (Lipinski definition) is 6. The van der Waals surface area contributed by atoms with Gasteiger partial charge in [-0.25, -0.2) is 19.2 Å². The SMILES string of the molecule is CC.Cc1cc(-c2cccc(N3CCCCC3)n2)ccc1F.Cc1cc(C(=O)O)cnc1N1CCN(C)C(C)C1. The molecule has 0 bridgehead atoms. The van der Waals surface area contributed by atoms with E-state index < -0.39 is 5.97 Å². The third-order valence-electron chi connectivity index (χ3n) is 7.42. The van der Waals surface area contributed by atoms with Gasteiger partial charge in [-0.2, -0.15) is 0 Å². The number of carboxylic acid groups (broad SMARTS) is 1. The van der Waals surface area contributed by atoms with E-state index in [2.05, 4.69) is 39.7 Å². The summed E-state index contributed by atoms with van der Waals surface area (Å²) in [5.74, 6) is 0.842. The van der Waals surface area contributed by atoms with Crippen LogP contribution in [0, 0.1) is 19.7 Å². The Labute approximate surface area is 238 Å². The Morgan fingerprint density at radius 1 is 0.950 bits per heavy atom. The lowest BCUT2D eigenvalue weighted by Crippen LogP contribution is -2.50. The first-order valence-corrected chi connectivity index (χ1v) is 14.4. The zero-order valence-electron chi connectivity index (χ0n) is 24.8. The summed E-state index contributed by atoms with van der Waals surface area (Å²) in [6.45, 7) is 14.9. The molecule has 0 amide bonds. The third-order valence-corrected chi connectivity index (χ3v) is 7.42. The fraction of sp³-hybridized carbons (Fsp3) is 0.469. The van der Waals surface area contributed by atoms with Gasteiger partial charge in [0.1, 0.15) is 17.5 Å². The Balaban J connectivity index is 0.000000209. The first kappa shape index (κ1) is 31.0. The number of rotatable bonds is 4. The molecule has 4 heterocycles. The van der Waals surface area contributed by atoms with Gasteiger partial charge in [0.25, 0.3) is 0 Å². The van der Waals surface area contributed by atoms with Crippen LogP contribution in [0.15, 0.2) is 48.7 Å². The second-order valence-electron chi connectivity index (χ2n) is 10.3. The molecule has 2 aliphatic heterocycles. The lowest BCUT2D eigenvalue weighted by molar-refractivity contribution is 0.0696. The highest BCUT2D eigenvalue weighted by Gasteiger charge is 2.23. The van der Waals surface area contributed by atoms with Crippen molar-refractivity contribution in [2.24, 2.45) is 0 Å². The van der Waals surface area contributed by atoms with Crippen molar-refractivity contribution >= 4 is 17.6 Å². The van der Waals surface area contributed by atoms with E-state index in [1.54, 1.807) is 19.1 Å². The minimum Gasteiger partial charge on any atom is -0.478 e. The number of benzene rings is 1. The van der Waals surface area contributed by atoms with E-state index >= 15 is 0 Å². The summed E-state index contributed by atoms with van der Waals surface area (Å²) in [5, 5.41) is 8.93. The third kappa shape index (κ3) is 8.01. The highest BCUT2D eigenvalue weighted by Crippen LogP contribution is 2.24.